The van der Waals surface area contributed by atoms with Gasteiger partial charge in [-0.2, -0.15) is 0 Å². The molecule has 0 spiro atoms. The van der Waals surface area contributed by atoms with E-state index in [2.05, 4.69) is 0 Å². The van der Waals surface area contributed by atoms with Gasteiger partial charge in [0.1, 0.15) is 0 Å². The number of ether oxygens (including phenoxy) is 1. The van der Waals surface area contributed by atoms with Gasteiger partial charge in [0, 0.05) is 5.54 Å². The highest BCUT2D eigenvalue weighted by Crippen LogP contribution is 2.27. The van der Waals surface area contributed by atoms with Crippen LogP contribution in [0.5, 0.6) is 0 Å². The maximum absolute atomic E-state index is 11.9. The van der Waals surface area contributed by atoms with E-state index in [-0.39, 0.29) is 5.97 Å². The molecular formula is C13H19NO2. The molecular weight excluding hydrogens is 202 g/mol. The smallest absolute Gasteiger partial charge is 0.315 e. The van der Waals surface area contributed by atoms with Crippen LogP contribution in [0.3, 0.4) is 0 Å². The lowest BCUT2D eigenvalue weighted by molar-refractivity contribution is -0.146. The van der Waals surface area contributed by atoms with Crippen LogP contribution in [0.1, 0.15) is 32.3 Å². The van der Waals surface area contributed by atoms with Crippen molar-refractivity contribution in [3.05, 3.63) is 35.9 Å². The molecule has 1 rings (SSSR count). The summed E-state index contributed by atoms with van der Waals surface area (Å²) in [6.45, 7) is 5.84. The van der Waals surface area contributed by atoms with Gasteiger partial charge in [0.05, 0.1) is 12.5 Å². The van der Waals surface area contributed by atoms with Crippen LogP contribution in [0.2, 0.25) is 0 Å². The lowest BCUT2D eigenvalue weighted by atomic mass is 9.83. The molecule has 2 N–H and O–H groups in total. The van der Waals surface area contributed by atoms with Crippen molar-refractivity contribution < 1.29 is 9.53 Å². The van der Waals surface area contributed by atoms with Gasteiger partial charge >= 0.3 is 5.97 Å². The lowest BCUT2D eigenvalue weighted by Gasteiger charge is -2.28. The van der Waals surface area contributed by atoms with Gasteiger partial charge in [-0.05, 0) is 26.3 Å². The van der Waals surface area contributed by atoms with Crippen molar-refractivity contribution in [1.82, 2.24) is 0 Å². The van der Waals surface area contributed by atoms with Gasteiger partial charge in [0.2, 0.25) is 0 Å². The Morgan fingerprint density at radius 3 is 2.38 bits per heavy atom. The van der Waals surface area contributed by atoms with Crippen molar-refractivity contribution >= 4 is 5.97 Å². The minimum absolute atomic E-state index is 0.263. The van der Waals surface area contributed by atoms with E-state index < -0.39 is 11.5 Å². The van der Waals surface area contributed by atoms with Crippen molar-refractivity contribution in [2.24, 2.45) is 5.73 Å². The average molecular weight is 221 g/mol. The summed E-state index contributed by atoms with van der Waals surface area (Å²) in [5.74, 6) is -0.685. The molecule has 0 aliphatic carbocycles. The summed E-state index contributed by atoms with van der Waals surface area (Å²) in [7, 11) is 0. The molecule has 0 saturated carbocycles. The molecule has 16 heavy (non-hydrogen) atoms. The molecule has 3 heteroatoms. The number of carbonyl (C=O) groups excluding carboxylic acids is 1. The standard InChI is InChI=1S/C13H19NO2/c1-4-16-12(15)11(13(2,3)14)10-8-6-5-7-9-10/h5-9,11H,4,14H2,1-3H3. The van der Waals surface area contributed by atoms with Crippen molar-refractivity contribution in [3.8, 4) is 0 Å². The molecule has 1 aromatic rings. The highest BCUT2D eigenvalue weighted by molar-refractivity contribution is 5.79. The van der Waals surface area contributed by atoms with Gasteiger partial charge in [-0.25, -0.2) is 0 Å². The van der Waals surface area contributed by atoms with E-state index in [4.69, 9.17) is 10.5 Å². The van der Waals surface area contributed by atoms with E-state index >= 15 is 0 Å². The van der Waals surface area contributed by atoms with Gasteiger partial charge < -0.3 is 10.5 Å². The fraction of sp³-hybridized carbons (Fsp3) is 0.462. The number of hydrogen-bond acceptors (Lipinski definition) is 3. The average Bonchev–Trinajstić information content (AvgIpc) is 2.17. The third-order valence-electron chi connectivity index (χ3n) is 2.40. The van der Waals surface area contributed by atoms with E-state index in [0.717, 1.165) is 5.56 Å². The predicted molar refractivity (Wildman–Crippen MR) is 64.1 cm³/mol. The molecule has 0 fully saturated rings. The van der Waals surface area contributed by atoms with Crippen LogP contribution in [0.4, 0.5) is 0 Å². The Hall–Kier alpha value is -1.35. The molecule has 1 atom stereocenters. The van der Waals surface area contributed by atoms with Gasteiger partial charge in [0.15, 0.2) is 0 Å². The van der Waals surface area contributed by atoms with Crippen molar-refractivity contribution in [3.63, 3.8) is 0 Å². The summed E-state index contributed by atoms with van der Waals surface area (Å²) in [6, 6.07) is 9.50. The highest BCUT2D eigenvalue weighted by atomic mass is 16.5. The van der Waals surface area contributed by atoms with E-state index in [9.17, 15) is 4.79 Å². The zero-order chi connectivity index (χ0) is 12.2. The monoisotopic (exact) mass is 221 g/mol. The van der Waals surface area contributed by atoms with Crippen molar-refractivity contribution in [2.75, 3.05) is 6.61 Å². The Kier molecular flexibility index (Phi) is 4.07. The Balaban J connectivity index is 3.02. The number of rotatable bonds is 4. The van der Waals surface area contributed by atoms with Crippen LogP contribution in [-0.4, -0.2) is 18.1 Å². The fourth-order valence-corrected chi connectivity index (χ4v) is 1.74. The van der Waals surface area contributed by atoms with Gasteiger partial charge in [-0.15, -0.1) is 0 Å². The molecule has 0 radical (unpaired) electrons. The molecule has 0 aromatic heterocycles. The number of esters is 1. The normalized spacial score (nSPS) is 13.2. The van der Waals surface area contributed by atoms with Crippen LogP contribution in [0, 0.1) is 0 Å². The molecule has 0 aliphatic rings. The lowest BCUT2D eigenvalue weighted by Crippen LogP contribution is -2.43. The van der Waals surface area contributed by atoms with Crippen LogP contribution < -0.4 is 5.73 Å². The molecule has 0 bridgehead atoms. The summed E-state index contributed by atoms with van der Waals surface area (Å²) in [6.07, 6.45) is 0. The van der Waals surface area contributed by atoms with E-state index in [0.29, 0.717) is 6.61 Å². The first kappa shape index (κ1) is 12.7. The summed E-state index contributed by atoms with van der Waals surface area (Å²) in [5, 5.41) is 0. The van der Waals surface area contributed by atoms with Crippen LogP contribution in [0.15, 0.2) is 30.3 Å². The van der Waals surface area contributed by atoms with E-state index in [1.165, 1.54) is 0 Å². The van der Waals surface area contributed by atoms with Crippen molar-refractivity contribution in [2.45, 2.75) is 32.2 Å². The molecule has 0 heterocycles. The Morgan fingerprint density at radius 1 is 1.38 bits per heavy atom. The minimum Gasteiger partial charge on any atom is -0.465 e. The largest absolute Gasteiger partial charge is 0.465 e. The van der Waals surface area contributed by atoms with E-state index in [1.807, 2.05) is 44.2 Å². The molecule has 1 unspecified atom stereocenters. The quantitative estimate of drug-likeness (QED) is 0.792. The Labute approximate surface area is 96.6 Å². The highest BCUT2D eigenvalue weighted by Gasteiger charge is 2.34. The first-order chi connectivity index (χ1) is 7.46. The second kappa shape index (κ2) is 5.12. The van der Waals surface area contributed by atoms with Crippen LogP contribution in [-0.2, 0) is 9.53 Å². The second-order valence-electron chi connectivity index (χ2n) is 4.42. The third kappa shape index (κ3) is 3.07. The Morgan fingerprint density at radius 2 is 1.94 bits per heavy atom. The van der Waals surface area contributed by atoms with Crippen LogP contribution >= 0.6 is 0 Å². The summed E-state index contributed by atoms with van der Waals surface area (Å²) < 4.78 is 5.07. The predicted octanol–water partition coefficient (Wildman–Crippen LogP) is 2.07. The number of carbonyl (C=O) groups is 1. The Bertz CT molecular complexity index is 341. The molecule has 0 amide bonds. The topological polar surface area (TPSA) is 52.3 Å². The SMILES string of the molecule is CCOC(=O)C(c1ccccc1)C(C)(C)N. The molecule has 3 nitrogen and oxygen atoms in total. The zero-order valence-electron chi connectivity index (χ0n) is 10.1. The van der Waals surface area contributed by atoms with Gasteiger partial charge in [-0.1, -0.05) is 30.3 Å². The fourth-order valence-electron chi connectivity index (χ4n) is 1.74. The molecule has 0 aliphatic heterocycles. The first-order valence-corrected chi connectivity index (χ1v) is 5.47. The van der Waals surface area contributed by atoms with Gasteiger partial charge in [-0.3, -0.25) is 4.79 Å². The van der Waals surface area contributed by atoms with Gasteiger partial charge in [0.25, 0.3) is 0 Å². The summed E-state index contributed by atoms with van der Waals surface area (Å²) >= 11 is 0. The van der Waals surface area contributed by atoms with Crippen LogP contribution in [0.25, 0.3) is 0 Å². The maximum atomic E-state index is 11.9. The number of benzene rings is 1. The third-order valence-corrected chi connectivity index (χ3v) is 2.40. The number of nitrogens with two attached hydrogens (primary N) is 1. The number of hydrogen-bond donors (Lipinski definition) is 1. The maximum Gasteiger partial charge on any atom is 0.315 e. The summed E-state index contributed by atoms with van der Waals surface area (Å²) in [5.41, 5.74) is 6.31. The summed E-state index contributed by atoms with van der Waals surface area (Å²) in [4.78, 5) is 11.9. The van der Waals surface area contributed by atoms with E-state index in [1.54, 1.807) is 6.92 Å². The van der Waals surface area contributed by atoms with Crippen molar-refractivity contribution in [1.29, 1.82) is 0 Å². The second-order valence-corrected chi connectivity index (χ2v) is 4.42. The minimum atomic E-state index is -0.631. The molecule has 1 aromatic carbocycles. The molecule has 0 saturated heterocycles. The molecule has 88 valence electrons. The first-order valence-electron chi connectivity index (χ1n) is 5.47. The zero-order valence-corrected chi connectivity index (χ0v) is 10.1.